The van der Waals surface area contributed by atoms with Crippen LogP contribution in [0.2, 0.25) is 0 Å². The van der Waals surface area contributed by atoms with E-state index in [1.54, 1.807) is 0 Å². The maximum absolute atomic E-state index is 12.2. The average Bonchev–Trinajstić information content (AvgIpc) is 2.12. The molecule has 0 fully saturated rings. The zero-order chi connectivity index (χ0) is 15.1. The molecule has 0 unspecified atom stereocenters. The van der Waals surface area contributed by atoms with Crippen molar-refractivity contribution in [1.29, 1.82) is 0 Å². The molecule has 0 aromatic carbocycles. The lowest BCUT2D eigenvalue weighted by molar-refractivity contribution is -0.155. The van der Waals surface area contributed by atoms with Crippen molar-refractivity contribution in [3.8, 4) is 0 Å². The Morgan fingerprint density at radius 2 is 1.84 bits per heavy atom. The first-order valence-electron chi connectivity index (χ1n) is 5.87. The first kappa shape index (κ1) is 17.7. The third kappa shape index (κ3) is 11.5. The molecule has 0 aliphatic heterocycles. The van der Waals surface area contributed by atoms with E-state index in [0.29, 0.717) is 23.8 Å². The van der Waals surface area contributed by atoms with Crippen molar-refractivity contribution in [2.75, 3.05) is 26.2 Å². The average molecular weight is 284 g/mol. The number of hydrogen-bond acceptors (Lipinski definition) is 3. The van der Waals surface area contributed by atoms with E-state index in [4.69, 9.17) is 5.11 Å². The van der Waals surface area contributed by atoms with E-state index in [2.05, 4.69) is 5.32 Å². The Kier molecular flexibility index (Phi) is 7.43. The number of hydrogen-bond donors (Lipinski definition) is 2. The van der Waals surface area contributed by atoms with Crippen LogP contribution in [0.25, 0.3) is 0 Å². The van der Waals surface area contributed by atoms with E-state index in [1.165, 1.54) is 0 Å². The van der Waals surface area contributed by atoms with Gasteiger partial charge in [0.15, 0.2) is 0 Å². The van der Waals surface area contributed by atoms with Crippen LogP contribution in [0.15, 0.2) is 0 Å². The summed E-state index contributed by atoms with van der Waals surface area (Å²) in [6.45, 7) is 1.44. The van der Waals surface area contributed by atoms with Crippen molar-refractivity contribution in [3.05, 3.63) is 0 Å². The minimum atomic E-state index is -4.53. The summed E-state index contributed by atoms with van der Waals surface area (Å²) in [5.74, 6) is -1.64. The third-order valence-corrected chi connectivity index (χ3v) is 2.17. The van der Waals surface area contributed by atoms with Gasteiger partial charge in [0.1, 0.15) is 0 Å². The largest absolute Gasteiger partial charge is 0.480 e. The molecule has 112 valence electrons. The fourth-order valence-electron chi connectivity index (χ4n) is 1.37. The van der Waals surface area contributed by atoms with Crippen LogP contribution in [0.5, 0.6) is 0 Å². The van der Waals surface area contributed by atoms with E-state index in [1.807, 2.05) is 13.8 Å². The molecule has 0 aromatic heterocycles. The number of nitrogens with one attached hydrogen (secondary N) is 1. The number of alkyl halides is 3. The molecule has 0 radical (unpaired) electrons. The number of carboxylic acid groups (broad SMARTS) is 1. The van der Waals surface area contributed by atoms with E-state index in [0.717, 1.165) is 0 Å². The highest BCUT2D eigenvalue weighted by Gasteiger charge is 2.32. The van der Waals surface area contributed by atoms with Gasteiger partial charge in [-0.15, -0.1) is 0 Å². The summed E-state index contributed by atoms with van der Waals surface area (Å²) in [5, 5.41) is 11.0. The maximum atomic E-state index is 12.2. The van der Waals surface area contributed by atoms with E-state index < -0.39 is 37.7 Å². The lowest BCUT2D eigenvalue weighted by atomic mass is 10.1. The maximum Gasteiger partial charge on any atom is 0.401 e. The minimum absolute atomic E-state index is 0.365. The van der Waals surface area contributed by atoms with Crippen molar-refractivity contribution in [3.63, 3.8) is 0 Å². The molecule has 0 heterocycles. The van der Waals surface area contributed by atoms with Crippen molar-refractivity contribution in [2.24, 2.45) is 5.92 Å². The molecule has 0 aliphatic carbocycles. The Morgan fingerprint density at radius 1 is 1.26 bits per heavy atom. The van der Waals surface area contributed by atoms with Crippen LogP contribution in [-0.4, -0.2) is 54.2 Å². The molecule has 0 atom stereocenters. The van der Waals surface area contributed by atoms with Crippen molar-refractivity contribution in [1.82, 2.24) is 10.2 Å². The van der Waals surface area contributed by atoms with Gasteiger partial charge in [-0.05, 0) is 12.3 Å². The lowest BCUT2D eigenvalue weighted by Gasteiger charge is -2.21. The number of carbonyl (C=O) groups is 2. The van der Waals surface area contributed by atoms with Gasteiger partial charge in [0.2, 0.25) is 5.91 Å². The van der Waals surface area contributed by atoms with E-state index in [-0.39, 0.29) is 0 Å². The standard InChI is InChI=1S/C11H19F3N2O3/c1-8(2)3-4-15-9(17)5-16(6-10(18)19)7-11(12,13)14/h8H,3-7H2,1-2H3,(H,15,17)(H,18,19). The number of carboxylic acids is 1. The van der Waals surface area contributed by atoms with Crippen LogP contribution in [0.3, 0.4) is 0 Å². The molecule has 5 nitrogen and oxygen atoms in total. The Morgan fingerprint density at radius 3 is 2.26 bits per heavy atom. The molecule has 0 spiro atoms. The summed E-state index contributed by atoms with van der Waals surface area (Å²) in [6, 6.07) is 0. The third-order valence-electron chi connectivity index (χ3n) is 2.17. The zero-order valence-electron chi connectivity index (χ0n) is 11.0. The smallest absolute Gasteiger partial charge is 0.401 e. The van der Waals surface area contributed by atoms with Gasteiger partial charge in [0.05, 0.1) is 19.6 Å². The predicted molar refractivity (Wildman–Crippen MR) is 62.6 cm³/mol. The SMILES string of the molecule is CC(C)CCNC(=O)CN(CC(=O)O)CC(F)(F)F. The second-order valence-electron chi connectivity index (χ2n) is 4.69. The van der Waals surface area contributed by atoms with Gasteiger partial charge >= 0.3 is 12.1 Å². The number of halogens is 3. The van der Waals surface area contributed by atoms with Gasteiger partial charge in [0.25, 0.3) is 0 Å². The normalized spacial score (nSPS) is 11.9. The monoisotopic (exact) mass is 284 g/mol. The number of aliphatic carboxylic acids is 1. The van der Waals surface area contributed by atoms with Crippen LogP contribution in [0.1, 0.15) is 20.3 Å². The topological polar surface area (TPSA) is 69.6 Å². The molecular formula is C11H19F3N2O3. The van der Waals surface area contributed by atoms with Crippen molar-refractivity contribution < 1.29 is 27.9 Å². The van der Waals surface area contributed by atoms with Gasteiger partial charge in [-0.2, -0.15) is 13.2 Å². The van der Waals surface area contributed by atoms with Crippen LogP contribution < -0.4 is 5.32 Å². The van der Waals surface area contributed by atoms with Gasteiger partial charge < -0.3 is 10.4 Å². The molecule has 2 N–H and O–H groups in total. The summed E-state index contributed by atoms with van der Waals surface area (Å²) in [6.07, 6.45) is -3.82. The molecule has 19 heavy (non-hydrogen) atoms. The Bertz CT molecular complexity index is 306. The molecule has 0 aliphatic rings. The molecule has 8 heteroatoms. The highest BCUT2D eigenvalue weighted by Crippen LogP contribution is 2.16. The fraction of sp³-hybridized carbons (Fsp3) is 0.818. The summed E-state index contributed by atoms with van der Waals surface area (Å²) in [7, 11) is 0. The molecule has 0 aromatic rings. The van der Waals surface area contributed by atoms with Crippen LogP contribution in [-0.2, 0) is 9.59 Å². The highest BCUT2D eigenvalue weighted by atomic mass is 19.4. The molecule has 0 rings (SSSR count). The quantitative estimate of drug-likeness (QED) is 0.700. The van der Waals surface area contributed by atoms with Crippen LogP contribution in [0.4, 0.5) is 13.2 Å². The molecule has 1 amide bonds. The van der Waals surface area contributed by atoms with Crippen LogP contribution >= 0.6 is 0 Å². The minimum Gasteiger partial charge on any atom is -0.480 e. The number of carbonyl (C=O) groups excluding carboxylic acids is 1. The summed E-state index contributed by atoms with van der Waals surface area (Å²) < 4.78 is 36.6. The van der Waals surface area contributed by atoms with E-state index >= 15 is 0 Å². The number of nitrogens with zero attached hydrogens (tertiary/aromatic N) is 1. The van der Waals surface area contributed by atoms with E-state index in [9.17, 15) is 22.8 Å². The molecule has 0 bridgehead atoms. The lowest BCUT2D eigenvalue weighted by Crippen LogP contribution is -2.44. The second kappa shape index (κ2) is 7.98. The number of rotatable bonds is 8. The molecular weight excluding hydrogens is 265 g/mol. The zero-order valence-corrected chi connectivity index (χ0v) is 11.0. The van der Waals surface area contributed by atoms with Crippen molar-refractivity contribution in [2.45, 2.75) is 26.4 Å². The highest BCUT2D eigenvalue weighted by molar-refractivity contribution is 5.79. The number of amides is 1. The molecule has 0 saturated heterocycles. The first-order valence-corrected chi connectivity index (χ1v) is 5.87. The van der Waals surface area contributed by atoms with Gasteiger partial charge in [-0.25, -0.2) is 0 Å². The summed E-state index contributed by atoms with van der Waals surface area (Å²) >= 11 is 0. The van der Waals surface area contributed by atoms with Crippen molar-refractivity contribution >= 4 is 11.9 Å². The van der Waals surface area contributed by atoms with Gasteiger partial charge in [-0.1, -0.05) is 13.8 Å². The second-order valence-corrected chi connectivity index (χ2v) is 4.69. The fourth-order valence-corrected chi connectivity index (χ4v) is 1.37. The summed E-state index contributed by atoms with van der Waals surface area (Å²) in [5.41, 5.74) is 0. The predicted octanol–water partition coefficient (Wildman–Crippen LogP) is 1.10. The first-order chi connectivity index (χ1) is 8.60. The van der Waals surface area contributed by atoms with Gasteiger partial charge in [0, 0.05) is 6.54 Å². The Labute approximate surface area is 109 Å². The molecule has 0 saturated carbocycles. The van der Waals surface area contributed by atoms with Gasteiger partial charge in [-0.3, -0.25) is 14.5 Å². The summed E-state index contributed by atoms with van der Waals surface area (Å²) in [4.78, 5) is 22.4. The Hall–Kier alpha value is -1.31. The van der Waals surface area contributed by atoms with Crippen LogP contribution in [0, 0.1) is 5.92 Å². The Balaban J connectivity index is 4.23.